The van der Waals surface area contributed by atoms with Gasteiger partial charge in [-0.25, -0.2) is 9.59 Å². The number of unbranched alkanes of at least 4 members (excludes halogenated alkanes) is 1. The third kappa shape index (κ3) is 15.3. The molecule has 2 atom stereocenters. The molecular weight excluding hydrogens is 536 g/mol. The Kier molecular flexibility index (Phi) is 16.4. The van der Waals surface area contributed by atoms with Gasteiger partial charge in [0.05, 0.1) is 0 Å². The molecule has 0 aliphatic carbocycles. The Morgan fingerprint density at radius 1 is 0.900 bits per heavy atom. The molecule has 0 heterocycles. The van der Waals surface area contributed by atoms with Gasteiger partial charge in [-0.3, -0.25) is 14.4 Å². The van der Waals surface area contributed by atoms with E-state index in [1.54, 1.807) is 24.3 Å². The fourth-order valence-corrected chi connectivity index (χ4v) is 3.75. The van der Waals surface area contributed by atoms with E-state index < -0.39 is 35.2 Å². The Labute approximate surface area is 241 Å². The van der Waals surface area contributed by atoms with Gasteiger partial charge in [-0.1, -0.05) is 52.5 Å². The molecule has 13 heteroatoms. The number of hydrogen-bond acceptors (Lipinski definition) is 7. The Morgan fingerprint density at radius 2 is 1.57 bits per heavy atom. The quantitative estimate of drug-likeness (QED) is 0.0791. The van der Waals surface area contributed by atoms with Crippen LogP contribution in [0, 0.1) is 5.92 Å². The van der Waals surface area contributed by atoms with Crippen molar-refractivity contribution >= 4 is 47.4 Å². The first-order valence-electron chi connectivity index (χ1n) is 13.5. The van der Waals surface area contributed by atoms with E-state index in [1.807, 2.05) is 13.8 Å². The van der Waals surface area contributed by atoms with Crippen LogP contribution in [0.2, 0.25) is 0 Å². The lowest BCUT2D eigenvalue weighted by atomic mass is 10.0. The van der Waals surface area contributed by atoms with Gasteiger partial charge in [0.15, 0.2) is 0 Å². The van der Waals surface area contributed by atoms with Crippen molar-refractivity contribution in [3.63, 3.8) is 0 Å². The molecular formula is C27H44N6O6S. The molecule has 224 valence electrons. The second-order valence-electron chi connectivity index (χ2n) is 10.1. The predicted molar refractivity (Wildman–Crippen MR) is 157 cm³/mol. The molecule has 0 spiro atoms. The number of thiol groups is 1. The van der Waals surface area contributed by atoms with Crippen LogP contribution in [-0.4, -0.2) is 60.3 Å². The third-order valence-electron chi connectivity index (χ3n) is 5.83. The maximum absolute atomic E-state index is 13.2. The first-order valence-corrected chi connectivity index (χ1v) is 14.0. The van der Waals surface area contributed by atoms with E-state index in [-0.39, 0.29) is 31.4 Å². The van der Waals surface area contributed by atoms with E-state index in [4.69, 9.17) is 10.5 Å². The number of nitrogens with one attached hydrogen (secondary N) is 5. The summed E-state index contributed by atoms with van der Waals surface area (Å²) >= 11 is 3.56. The highest BCUT2D eigenvalue weighted by Crippen LogP contribution is 2.13. The largest absolute Gasteiger partial charge is 0.453 e. The van der Waals surface area contributed by atoms with Crippen molar-refractivity contribution < 1.29 is 28.7 Å². The van der Waals surface area contributed by atoms with Gasteiger partial charge in [-0.2, -0.15) is 0 Å². The van der Waals surface area contributed by atoms with E-state index >= 15 is 0 Å². The maximum Gasteiger partial charge on any atom is 0.364 e. The molecule has 0 radical (unpaired) electrons. The van der Waals surface area contributed by atoms with Crippen LogP contribution < -0.4 is 32.3 Å². The Bertz CT molecular complexity index is 973. The summed E-state index contributed by atoms with van der Waals surface area (Å²) in [4.78, 5) is 60.7. The molecule has 0 saturated carbocycles. The number of carbonyl (C=O) groups is 5. The van der Waals surface area contributed by atoms with E-state index in [0.29, 0.717) is 36.6 Å². The summed E-state index contributed by atoms with van der Waals surface area (Å²) in [6, 6.07) is 4.57. The molecule has 5 amide bonds. The molecule has 1 aromatic rings. The number of primary amides is 1. The molecule has 0 bridgehead atoms. The molecule has 40 heavy (non-hydrogen) atoms. The number of anilines is 1. The topological polar surface area (TPSA) is 181 Å². The summed E-state index contributed by atoms with van der Waals surface area (Å²) in [5, 5.41) is 13.4. The summed E-state index contributed by atoms with van der Waals surface area (Å²) in [5.74, 6) is -1.38. The van der Waals surface area contributed by atoms with Gasteiger partial charge in [-0.05, 0) is 55.8 Å². The summed E-state index contributed by atoms with van der Waals surface area (Å²) in [7, 11) is 0. The zero-order valence-corrected chi connectivity index (χ0v) is 24.6. The smallest absolute Gasteiger partial charge is 0.364 e. The number of ether oxygens (including phenoxy) is 1. The summed E-state index contributed by atoms with van der Waals surface area (Å²) in [6.45, 7) is 8.82. The van der Waals surface area contributed by atoms with Crippen molar-refractivity contribution in [1.82, 2.24) is 21.3 Å². The normalized spacial score (nSPS) is 12.4. The maximum atomic E-state index is 13.2. The molecule has 0 aliphatic heterocycles. The number of carbonyl (C=O) groups excluding carboxylic acids is 5. The van der Waals surface area contributed by atoms with E-state index in [1.165, 1.54) is 0 Å². The van der Waals surface area contributed by atoms with Crippen LogP contribution in [0.5, 0.6) is 0 Å². The van der Waals surface area contributed by atoms with Crippen LogP contribution in [0.15, 0.2) is 24.3 Å². The molecule has 0 unspecified atom stereocenters. The number of urea groups is 1. The molecule has 12 nitrogen and oxygen atoms in total. The Balaban J connectivity index is 2.82. The van der Waals surface area contributed by atoms with Gasteiger partial charge in [0, 0.05) is 24.7 Å². The highest BCUT2D eigenvalue weighted by Gasteiger charge is 2.28. The summed E-state index contributed by atoms with van der Waals surface area (Å²) in [6.07, 6.45) is 2.41. The second-order valence-corrected chi connectivity index (χ2v) is 10.5. The minimum atomic E-state index is -0.938. The molecule has 0 aliphatic rings. The average molecular weight is 581 g/mol. The van der Waals surface area contributed by atoms with Crippen LogP contribution in [0.1, 0.15) is 65.4 Å². The predicted octanol–water partition coefficient (Wildman–Crippen LogP) is 2.43. The van der Waals surface area contributed by atoms with Gasteiger partial charge in [0.2, 0.25) is 17.7 Å². The fraction of sp³-hybridized carbons (Fsp3) is 0.593. The zero-order chi connectivity index (χ0) is 30.1. The van der Waals surface area contributed by atoms with E-state index in [0.717, 1.165) is 13.0 Å². The monoisotopic (exact) mass is 580 g/mol. The number of amides is 5. The Hall–Kier alpha value is -3.32. The molecule has 1 aromatic carbocycles. The van der Waals surface area contributed by atoms with Crippen LogP contribution in [0.4, 0.5) is 15.3 Å². The molecule has 0 aromatic heterocycles. The average Bonchev–Trinajstić information content (AvgIpc) is 2.87. The van der Waals surface area contributed by atoms with Gasteiger partial charge in [-0.15, -0.1) is 0 Å². The van der Waals surface area contributed by atoms with Crippen molar-refractivity contribution in [1.29, 1.82) is 0 Å². The van der Waals surface area contributed by atoms with Crippen molar-refractivity contribution in [2.24, 2.45) is 11.7 Å². The van der Waals surface area contributed by atoms with Gasteiger partial charge in [0.25, 0.3) is 0 Å². The second kappa shape index (κ2) is 18.9. The van der Waals surface area contributed by atoms with Crippen molar-refractivity contribution in [2.75, 3.05) is 18.4 Å². The van der Waals surface area contributed by atoms with Crippen LogP contribution in [0.25, 0.3) is 0 Å². The van der Waals surface area contributed by atoms with Crippen molar-refractivity contribution in [2.45, 2.75) is 84.5 Å². The molecule has 0 saturated heterocycles. The van der Waals surface area contributed by atoms with Gasteiger partial charge < -0.3 is 37.1 Å². The lowest BCUT2D eigenvalue weighted by Crippen LogP contribution is -2.54. The fourth-order valence-electron chi connectivity index (χ4n) is 3.69. The lowest BCUT2D eigenvalue weighted by Gasteiger charge is -2.25. The minimum Gasteiger partial charge on any atom is -0.453 e. The highest BCUT2D eigenvalue weighted by atomic mass is 32.1. The van der Waals surface area contributed by atoms with Crippen molar-refractivity contribution in [3.05, 3.63) is 29.8 Å². The molecule has 0 fully saturated rings. The van der Waals surface area contributed by atoms with E-state index in [2.05, 4.69) is 53.1 Å². The van der Waals surface area contributed by atoms with Crippen LogP contribution in [-0.2, 0) is 25.7 Å². The first kappa shape index (κ1) is 34.7. The summed E-state index contributed by atoms with van der Waals surface area (Å²) < 4.78 is 4.83. The number of hydrogen-bond donors (Lipinski definition) is 7. The zero-order valence-electron chi connectivity index (χ0n) is 23.7. The van der Waals surface area contributed by atoms with Crippen LogP contribution in [0.3, 0.4) is 0 Å². The molecule has 1 rings (SSSR count). The highest BCUT2D eigenvalue weighted by molar-refractivity contribution is 7.96. The lowest BCUT2D eigenvalue weighted by molar-refractivity contribution is -0.132. The standard InChI is InChI=1S/C27H44N6O6S/c1-17(2)23(33-22(34)9-5-6-14-29-18(3)4)25(36)32-21(8-7-15-30-26(28)37)24(35)31-20-12-10-19(11-13-20)16-39-27(38)40/h10-13,17-18,21,23,29H,5-9,14-16H2,1-4H3,(H,31,35)(H,32,36)(H,33,34)(H,38,40)(H3,28,30,37)/t21-,23-/m0/s1. The number of nitrogens with two attached hydrogens (primary N) is 1. The SMILES string of the molecule is CC(C)NCCCCC(=O)N[C@H](C(=O)N[C@@H](CCCNC(N)=O)C(=O)Nc1ccc(COC(=O)S)cc1)C(C)C. The van der Waals surface area contributed by atoms with Crippen molar-refractivity contribution in [3.8, 4) is 0 Å². The van der Waals surface area contributed by atoms with Crippen LogP contribution >= 0.6 is 12.6 Å². The van der Waals surface area contributed by atoms with Gasteiger partial charge in [0.1, 0.15) is 18.7 Å². The Morgan fingerprint density at radius 3 is 2.15 bits per heavy atom. The molecule has 7 N–H and O–H groups in total. The third-order valence-corrected chi connectivity index (χ3v) is 5.96. The number of benzene rings is 1. The minimum absolute atomic E-state index is 0.0409. The van der Waals surface area contributed by atoms with E-state index in [9.17, 15) is 24.0 Å². The summed E-state index contributed by atoms with van der Waals surface area (Å²) in [5.41, 5.74) is 6.29. The number of rotatable bonds is 18. The first-order chi connectivity index (χ1) is 18.9. The van der Waals surface area contributed by atoms with Gasteiger partial charge >= 0.3 is 11.3 Å².